The first-order valence-corrected chi connectivity index (χ1v) is 7.27. The van der Waals surface area contributed by atoms with E-state index in [4.69, 9.17) is 4.74 Å². The van der Waals surface area contributed by atoms with Crippen LogP contribution < -0.4 is 5.32 Å². The molecule has 1 saturated heterocycles. The Morgan fingerprint density at radius 3 is 2.65 bits per heavy atom. The Balaban J connectivity index is 2.05. The quantitative estimate of drug-likeness (QED) is 0.918. The summed E-state index contributed by atoms with van der Waals surface area (Å²) >= 11 is 0. The molecule has 106 valence electrons. The van der Waals surface area contributed by atoms with Crippen molar-refractivity contribution in [1.82, 2.24) is 5.32 Å². The van der Waals surface area contributed by atoms with Gasteiger partial charge in [-0.15, -0.1) is 0 Å². The SMILES string of the molecule is CNC(c1ccc(F)c2ccccc12)C1CCCCO1. The van der Waals surface area contributed by atoms with Crippen LogP contribution in [0.4, 0.5) is 4.39 Å². The second-order valence-electron chi connectivity index (χ2n) is 5.35. The Bertz CT molecular complexity index is 593. The highest BCUT2D eigenvalue weighted by Crippen LogP contribution is 2.32. The molecular formula is C17H20FNO. The van der Waals surface area contributed by atoms with Crippen molar-refractivity contribution in [3.8, 4) is 0 Å². The molecular weight excluding hydrogens is 253 g/mol. The number of likely N-dealkylation sites (N-methyl/N-ethyl adjacent to an activating group) is 1. The van der Waals surface area contributed by atoms with Crippen LogP contribution in [0.2, 0.25) is 0 Å². The lowest BCUT2D eigenvalue weighted by Crippen LogP contribution is -2.34. The van der Waals surface area contributed by atoms with Crippen LogP contribution >= 0.6 is 0 Å². The summed E-state index contributed by atoms with van der Waals surface area (Å²) < 4.78 is 19.8. The van der Waals surface area contributed by atoms with Gasteiger partial charge in [-0.3, -0.25) is 0 Å². The average molecular weight is 273 g/mol. The maximum absolute atomic E-state index is 13.9. The van der Waals surface area contributed by atoms with Crippen molar-refractivity contribution in [2.24, 2.45) is 0 Å². The van der Waals surface area contributed by atoms with Crippen molar-refractivity contribution < 1.29 is 9.13 Å². The van der Waals surface area contributed by atoms with Gasteiger partial charge in [0.25, 0.3) is 0 Å². The molecule has 0 saturated carbocycles. The van der Waals surface area contributed by atoms with Gasteiger partial charge in [0.15, 0.2) is 0 Å². The van der Waals surface area contributed by atoms with Crippen molar-refractivity contribution in [3.05, 3.63) is 47.8 Å². The number of ether oxygens (including phenoxy) is 1. The summed E-state index contributed by atoms with van der Waals surface area (Å²) in [6, 6.07) is 11.2. The van der Waals surface area contributed by atoms with Gasteiger partial charge in [0.2, 0.25) is 0 Å². The first-order valence-electron chi connectivity index (χ1n) is 7.27. The van der Waals surface area contributed by atoms with E-state index in [1.807, 2.05) is 37.4 Å². The van der Waals surface area contributed by atoms with Crippen LogP contribution in [-0.4, -0.2) is 19.8 Å². The highest BCUT2D eigenvalue weighted by molar-refractivity contribution is 5.86. The minimum atomic E-state index is -0.163. The molecule has 1 fully saturated rings. The van der Waals surface area contributed by atoms with Crippen molar-refractivity contribution in [2.45, 2.75) is 31.4 Å². The third-order valence-corrected chi connectivity index (χ3v) is 4.14. The number of nitrogens with one attached hydrogen (secondary N) is 1. The Labute approximate surface area is 118 Å². The number of fused-ring (bicyclic) bond motifs is 1. The fourth-order valence-electron chi connectivity index (χ4n) is 3.13. The molecule has 2 atom stereocenters. The topological polar surface area (TPSA) is 21.3 Å². The first kappa shape index (κ1) is 13.5. The molecule has 0 spiro atoms. The number of hydrogen-bond donors (Lipinski definition) is 1. The molecule has 20 heavy (non-hydrogen) atoms. The molecule has 3 rings (SSSR count). The van der Waals surface area contributed by atoms with E-state index in [1.165, 1.54) is 6.42 Å². The van der Waals surface area contributed by atoms with Gasteiger partial charge in [-0.05, 0) is 43.3 Å². The van der Waals surface area contributed by atoms with E-state index in [0.29, 0.717) is 5.39 Å². The van der Waals surface area contributed by atoms with Crippen molar-refractivity contribution in [2.75, 3.05) is 13.7 Å². The van der Waals surface area contributed by atoms with E-state index < -0.39 is 0 Å². The average Bonchev–Trinajstić information content (AvgIpc) is 2.52. The number of hydrogen-bond acceptors (Lipinski definition) is 2. The van der Waals surface area contributed by atoms with Crippen LogP contribution in [0.5, 0.6) is 0 Å². The molecule has 0 radical (unpaired) electrons. The van der Waals surface area contributed by atoms with E-state index in [-0.39, 0.29) is 18.0 Å². The van der Waals surface area contributed by atoms with E-state index >= 15 is 0 Å². The van der Waals surface area contributed by atoms with Gasteiger partial charge in [0.05, 0.1) is 12.1 Å². The molecule has 0 aliphatic carbocycles. The van der Waals surface area contributed by atoms with Crippen molar-refractivity contribution >= 4 is 10.8 Å². The van der Waals surface area contributed by atoms with Gasteiger partial charge in [0.1, 0.15) is 5.82 Å². The van der Waals surface area contributed by atoms with Crippen LogP contribution in [0.3, 0.4) is 0 Å². The van der Waals surface area contributed by atoms with Gasteiger partial charge >= 0.3 is 0 Å². The summed E-state index contributed by atoms with van der Waals surface area (Å²) in [7, 11) is 1.95. The van der Waals surface area contributed by atoms with E-state index in [0.717, 1.165) is 30.4 Å². The third-order valence-electron chi connectivity index (χ3n) is 4.14. The predicted molar refractivity (Wildman–Crippen MR) is 79.3 cm³/mol. The molecule has 1 N–H and O–H groups in total. The summed E-state index contributed by atoms with van der Waals surface area (Å²) in [5, 5.41) is 5.01. The largest absolute Gasteiger partial charge is 0.376 e. The molecule has 1 heterocycles. The molecule has 2 nitrogen and oxygen atoms in total. The Hall–Kier alpha value is -1.45. The van der Waals surface area contributed by atoms with E-state index in [9.17, 15) is 4.39 Å². The molecule has 0 bridgehead atoms. The molecule has 2 aromatic carbocycles. The van der Waals surface area contributed by atoms with Crippen LogP contribution in [0.15, 0.2) is 36.4 Å². The summed E-state index contributed by atoms with van der Waals surface area (Å²) in [5.74, 6) is -0.163. The lowest BCUT2D eigenvalue weighted by molar-refractivity contribution is -0.00633. The monoisotopic (exact) mass is 273 g/mol. The molecule has 3 heteroatoms. The highest BCUT2D eigenvalue weighted by Gasteiger charge is 2.26. The van der Waals surface area contributed by atoms with Crippen molar-refractivity contribution in [3.63, 3.8) is 0 Å². The summed E-state index contributed by atoms with van der Waals surface area (Å²) in [5.41, 5.74) is 1.12. The zero-order chi connectivity index (χ0) is 13.9. The van der Waals surface area contributed by atoms with Crippen LogP contribution in [0.25, 0.3) is 10.8 Å². The lowest BCUT2D eigenvalue weighted by atomic mass is 9.92. The van der Waals surface area contributed by atoms with Gasteiger partial charge in [0, 0.05) is 12.0 Å². The van der Waals surface area contributed by atoms with Crippen LogP contribution in [0, 0.1) is 5.82 Å². The smallest absolute Gasteiger partial charge is 0.131 e. The molecule has 2 unspecified atom stereocenters. The maximum Gasteiger partial charge on any atom is 0.131 e. The van der Waals surface area contributed by atoms with Crippen LogP contribution in [0.1, 0.15) is 30.9 Å². The lowest BCUT2D eigenvalue weighted by Gasteiger charge is -2.31. The summed E-state index contributed by atoms with van der Waals surface area (Å²) in [6.45, 7) is 0.821. The highest BCUT2D eigenvalue weighted by atomic mass is 19.1. The Kier molecular flexibility index (Phi) is 3.99. The minimum absolute atomic E-state index is 0.112. The minimum Gasteiger partial charge on any atom is -0.376 e. The first-order chi connectivity index (χ1) is 9.81. The normalized spacial score (nSPS) is 21.0. The van der Waals surface area contributed by atoms with Gasteiger partial charge in [-0.1, -0.05) is 30.3 Å². The molecule has 0 aromatic heterocycles. The Morgan fingerprint density at radius 2 is 1.95 bits per heavy atom. The second kappa shape index (κ2) is 5.90. The van der Waals surface area contributed by atoms with Gasteiger partial charge in [-0.2, -0.15) is 0 Å². The van der Waals surface area contributed by atoms with Gasteiger partial charge < -0.3 is 10.1 Å². The predicted octanol–water partition coefficient (Wildman–Crippen LogP) is 3.81. The van der Waals surface area contributed by atoms with E-state index in [2.05, 4.69) is 5.32 Å². The maximum atomic E-state index is 13.9. The van der Waals surface area contributed by atoms with E-state index in [1.54, 1.807) is 6.07 Å². The fourth-order valence-corrected chi connectivity index (χ4v) is 3.13. The number of halogens is 1. The standard InChI is InChI=1S/C17H20FNO/c1-19-17(16-8-4-5-11-20-16)14-9-10-15(18)13-7-3-2-6-12(13)14/h2-3,6-7,9-10,16-17,19H,4-5,8,11H2,1H3. The second-order valence-corrected chi connectivity index (χ2v) is 5.35. The summed E-state index contributed by atoms with van der Waals surface area (Å²) in [4.78, 5) is 0. The summed E-state index contributed by atoms with van der Waals surface area (Å²) in [6.07, 6.45) is 3.55. The number of rotatable bonds is 3. The molecule has 0 amide bonds. The van der Waals surface area contributed by atoms with Crippen LogP contribution in [-0.2, 0) is 4.74 Å². The zero-order valence-electron chi connectivity index (χ0n) is 11.7. The number of benzene rings is 2. The van der Waals surface area contributed by atoms with Crippen molar-refractivity contribution in [1.29, 1.82) is 0 Å². The zero-order valence-corrected chi connectivity index (χ0v) is 11.7. The van der Waals surface area contributed by atoms with Gasteiger partial charge in [-0.25, -0.2) is 4.39 Å². The molecule has 1 aliphatic rings. The fraction of sp³-hybridized carbons (Fsp3) is 0.412. The molecule has 2 aromatic rings. The third kappa shape index (κ3) is 2.43. The molecule has 1 aliphatic heterocycles. The Morgan fingerprint density at radius 1 is 1.15 bits per heavy atom.